The summed E-state index contributed by atoms with van der Waals surface area (Å²) >= 11 is 0. The number of methoxy groups -OCH3 is 1. The molecule has 0 aliphatic heterocycles. The number of esters is 1. The van der Waals surface area contributed by atoms with E-state index >= 15 is 0 Å². The largest absolute Gasteiger partial charge is 0.469 e. The van der Waals surface area contributed by atoms with Gasteiger partial charge < -0.3 is 9.84 Å². The van der Waals surface area contributed by atoms with Crippen molar-refractivity contribution >= 4 is 17.7 Å². The highest BCUT2D eigenvalue weighted by Crippen LogP contribution is 2.35. The number of carbonyl (C=O) groups is 3. The van der Waals surface area contributed by atoms with Gasteiger partial charge in [0.1, 0.15) is 0 Å². The summed E-state index contributed by atoms with van der Waals surface area (Å²) in [5, 5.41) is 11.0. The molecule has 1 amide bonds. The van der Waals surface area contributed by atoms with Gasteiger partial charge in [0.25, 0.3) is 5.91 Å². The lowest BCUT2D eigenvalue weighted by molar-refractivity contribution is -0.179. The van der Waals surface area contributed by atoms with Gasteiger partial charge in [-0.15, -0.1) is 0 Å². The van der Waals surface area contributed by atoms with Crippen LogP contribution in [0.1, 0.15) is 19.8 Å². The molecule has 0 aromatic rings. The molecule has 0 heterocycles. The molecule has 7 nitrogen and oxygen atoms in total. The zero-order valence-corrected chi connectivity index (χ0v) is 12.7. The van der Waals surface area contributed by atoms with E-state index in [1.54, 1.807) is 0 Å². The summed E-state index contributed by atoms with van der Waals surface area (Å²) in [7, 11) is 3.84. The van der Waals surface area contributed by atoms with Gasteiger partial charge in [0, 0.05) is 19.0 Å². The molecule has 0 aromatic carbocycles. The number of carbonyl (C=O) groups excluding carboxylic acids is 3. The molecule has 0 aromatic heterocycles. The Bertz CT molecular complexity index is 458. The van der Waals surface area contributed by atoms with Crippen molar-refractivity contribution in [3.8, 4) is 0 Å². The second kappa shape index (κ2) is 7.33. The lowest BCUT2D eigenvalue weighted by Crippen LogP contribution is -2.42. The third kappa shape index (κ3) is 3.48. The van der Waals surface area contributed by atoms with Crippen LogP contribution in [0.5, 0.6) is 0 Å². The lowest BCUT2D eigenvalue weighted by Gasteiger charge is -2.25. The number of aliphatic hydroxyl groups is 1. The van der Waals surface area contributed by atoms with E-state index in [1.165, 1.54) is 27.3 Å². The SMILES string of the molecule is CCCC(=O)C1=CC(O)[C@@H](C(=O)N(C)OC)[C@H]1C(=O)OC. The molecule has 1 aliphatic carbocycles. The Morgan fingerprint density at radius 1 is 1.33 bits per heavy atom. The molecule has 3 atom stereocenters. The molecule has 0 bridgehead atoms. The van der Waals surface area contributed by atoms with Crippen LogP contribution in [0.4, 0.5) is 0 Å². The first kappa shape index (κ1) is 17.3. The molecule has 1 rings (SSSR count). The van der Waals surface area contributed by atoms with Crippen molar-refractivity contribution in [2.75, 3.05) is 21.3 Å². The standard InChI is InChI=1S/C14H21NO6/c1-5-6-9(16)8-7-10(17)12(11(8)14(19)20-3)13(18)15(2)21-4/h7,10-12,17H,5-6H2,1-4H3/t10?,11-,12+/m0/s1. The van der Waals surface area contributed by atoms with Gasteiger partial charge in [-0.3, -0.25) is 19.2 Å². The molecule has 0 radical (unpaired) electrons. The third-order valence-electron chi connectivity index (χ3n) is 3.54. The van der Waals surface area contributed by atoms with Gasteiger partial charge in [0.05, 0.1) is 32.2 Å². The highest BCUT2D eigenvalue weighted by Gasteiger charge is 2.48. The van der Waals surface area contributed by atoms with Crippen molar-refractivity contribution in [1.82, 2.24) is 5.06 Å². The Balaban J connectivity index is 3.13. The van der Waals surface area contributed by atoms with E-state index in [9.17, 15) is 19.5 Å². The number of nitrogens with zero attached hydrogens (tertiary/aromatic N) is 1. The normalized spacial score (nSPS) is 24.4. The molecule has 118 valence electrons. The topological polar surface area (TPSA) is 93.1 Å². The van der Waals surface area contributed by atoms with Gasteiger partial charge in [-0.25, -0.2) is 5.06 Å². The number of hydrogen-bond acceptors (Lipinski definition) is 6. The summed E-state index contributed by atoms with van der Waals surface area (Å²) < 4.78 is 4.68. The summed E-state index contributed by atoms with van der Waals surface area (Å²) in [6.45, 7) is 1.83. The summed E-state index contributed by atoms with van der Waals surface area (Å²) in [6, 6.07) is 0. The van der Waals surface area contributed by atoms with Crippen LogP contribution in [0.2, 0.25) is 0 Å². The highest BCUT2D eigenvalue weighted by molar-refractivity contribution is 6.04. The fraction of sp³-hybridized carbons (Fsp3) is 0.643. The first-order chi connectivity index (χ1) is 9.88. The summed E-state index contributed by atoms with van der Waals surface area (Å²) in [5.74, 6) is -3.78. The Kier molecular flexibility index (Phi) is 6.04. The number of hydrogen-bond donors (Lipinski definition) is 1. The van der Waals surface area contributed by atoms with Crippen LogP contribution < -0.4 is 0 Å². The number of ketones is 1. The van der Waals surface area contributed by atoms with Crippen LogP contribution in [-0.4, -0.2) is 55.2 Å². The van der Waals surface area contributed by atoms with E-state index in [0.29, 0.717) is 6.42 Å². The molecule has 1 aliphatic rings. The van der Waals surface area contributed by atoms with E-state index < -0.39 is 29.8 Å². The molecule has 7 heteroatoms. The second-order valence-corrected chi connectivity index (χ2v) is 4.83. The van der Waals surface area contributed by atoms with Crippen molar-refractivity contribution in [2.45, 2.75) is 25.9 Å². The maximum Gasteiger partial charge on any atom is 0.314 e. The van der Waals surface area contributed by atoms with Gasteiger partial charge in [-0.2, -0.15) is 0 Å². The molecule has 0 saturated heterocycles. The van der Waals surface area contributed by atoms with E-state index in [-0.39, 0.29) is 17.8 Å². The van der Waals surface area contributed by atoms with Crippen molar-refractivity contribution in [1.29, 1.82) is 0 Å². The quantitative estimate of drug-likeness (QED) is 0.551. The highest BCUT2D eigenvalue weighted by atomic mass is 16.7. The Labute approximate surface area is 123 Å². The monoisotopic (exact) mass is 299 g/mol. The predicted molar refractivity (Wildman–Crippen MR) is 72.8 cm³/mol. The van der Waals surface area contributed by atoms with E-state index in [0.717, 1.165) is 5.06 Å². The fourth-order valence-corrected chi connectivity index (χ4v) is 2.41. The lowest BCUT2D eigenvalue weighted by atomic mass is 9.87. The smallest absolute Gasteiger partial charge is 0.314 e. The van der Waals surface area contributed by atoms with Gasteiger partial charge in [0.2, 0.25) is 0 Å². The van der Waals surface area contributed by atoms with Crippen LogP contribution >= 0.6 is 0 Å². The second-order valence-electron chi connectivity index (χ2n) is 4.83. The number of aliphatic hydroxyl groups excluding tert-OH is 1. The Morgan fingerprint density at radius 2 is 1.95 bits per heavy atom. The van der Waals surface area contributed by atoms with Gasteiger partial charge >= 0.3 is 5.97 Å². The van der Waals surface area contributed by atoms with Crippen molar-refractivity contribution in [2.24, 2.45) is 11.8 Å². The molecule has 1 unspecified atom stereocenters. The minimum absolute atomic E-state index is 0.138. The summed E-state index contributed by atoms with van der Waals surface area (Å²) in [5.41, 5.74) is 0.138. The maximum absolute atomic E-state index is 12.2. The molecular formula is C14H21NO6. The van der Waals surface area contributed by atoms with Crippen LogP contribution in [-0.2, 0) is 24.0 Å². The zero-order chi connectivity index (χ0) is 16.2. The molecule has 0 fully saturated rings. The van der Waals surface area contributed by atoms with E-state index in [4.69, 9.17) is 4.84 Å². The molecule has 0 saturated carbocycles. The van der Waals surface area contributed by atoms with Crippen LogP contribution in [0.25, 0.3) is 0 Å². The van der Waals surface area contributed by atoms with E-state index in [1.807, 2.05) is 6.92 Å². The van der Waals surface area contributed by atoms with Crippen LogP contribution in [0.15, 0.2) is 11.6 Å². The van der Waals surface area contributed by atoms with Crippen molar-refractivity contribution in [3.05, 3.63) is 11.6 Å². The fourth-order valence-electron chi connectivity index (χ4n) is 2.41. The van der Waals surface area contributed by atoms with Gasteiger partial charge in [-0.1, -0.05) is 6.92 Å². The van der Waals surface area contributed by atoms with E-state index in [2.05, 4.69) is 4.74 Å². The first-order valence-corrected chi connectivity index (χ1v) is 6.71. The summed E-state index contributed by atoms with van der Waals surface area (Å²) in [4.78, 5) is 41.1. The molecule has 0 spiro atoms. The number of Topliss-reactive ketones (excluding diaryl/α,β-unsaturated/α-hetero) is 1. The van der Waals surface area contributed by atoms with Crippen molar-refractivity contribution < 1.29 is 29.1 Å². The van der Waals surface area contributed by atoms with Crippen molar-refractivity contribution in [3.63, 3.8) is 0 Å². The number of ether oxygens (including phenoxy) is 1. The molecular weight excluding hydrogens is 278 g/mol. The molecule has 21 heavy (non-hydrogen) atoms. The predicted octanol–water partition coefficient (Wildman–Crippen LogP) is 0.0817. The van der Waals surface area contributed by atoms with Gasteiger partial charge in [0.15, 0.2) is 5.78 Å². The third-order valence-corrected chi connectivity index (χ3v) is 3.54. The van der Waals surface area contributed by atoms with Gasteiger partial charge in [-0.05, 0) is 12.5 Å². The minimum Gasteiger partial charge on any atom is -0.469 e. The average Bonchev–Trinajstić information content (AvgIpc) is 2.82. The molecule has 1 N–H and O–H groups in total. The number of hydroxylamine groups is 2. The Morgan fingerprint density at radius 3 is 2.43 bits per heavy atom. The van der Waals surface area contributed by atoms with Crippen LogP contribution in [0, 0.1) is 11.8 Å². The number of amides is 1. The Hall–Kier alpha value is -1.73. The zero-order valence-electron chi connectivity index (χ0n) is 12.7. The minimum atomic E-state index is -1.23. The number of rotatable bonds is 6. The van der Waals surface area contributed by atoms with Crippen LogP contribution in [0.3, 0.4) is 0 Å². The maximum atomic E-state index is 12.2. The first-order valence-electron chi connectivity index (χ1n) is 6.71. The summed E-state index contributed by atoms with van der Waals surface area (Å²) in [6.07, 6.45) is 0.894. The average molecular weight is 299 g/mol.